The van der Waals surface area contributed by atoms with Crippen LogP contribution in [-0.2, 0) is 19.1 Å². The molecule has 190 valence electrons. The van der Waals surface area contributed by atoms with E-state index >= 15 is 0 Å². The Bertz CT molecular complexity index is 1010. The van der Waals surface area contributed by atoms with Crippen LogP contribution in [0.25, 0.3) is 0 Å². The van der Waals surface area contributed by atoms with Gasteiger partial charge in [-0.25, -0.2) is 0 Å². The van der Waals surface area contributed by atoms with Gasteiger partial charge in [0, 0.05) is 37.1 Å². The first-order chi connectivity index (χ1) is 17.0. The van der Waals surface area contributed by atoms with E-state index in [1.807, 2.05) is 18.2 Å². The summed E-state index contributed by atoms with van der Waals surface area (Å²) >= 11 is 6.43. The van der Waals surface area contributed by atoms with Gasteiger partial charge in [0.15, 0.2) is 11.5 Å². The van der Waals surface area contributed by atoms with Crippen LogP contribution in [0.5, 0.6) is 11.5 Å². The first kappa shape index (κ1) is 24.4. The lowest BCUT2D eigenvalue weighted by molar-refractivity contribution is -0.135. The van der Waals surface area contributed by atoms with Crippen molar-refractivity contribution in [2.45, 2.75) is 43.2 Å². The van der Waals surface area contributed by atoms with Gasteiger partial charge in [-0.15, -0.1) is 11.6 Å². The predicted octanol–water partition coefficient (Wildman–Crippen LogP) is 2.94. The molecule has 1 aromatic carbocycles. The fourth-order valence-corrected chi connectivity index (χ4v) is 6.08. The molecule has 4 atom stereocenters. The zero-order chi connectivity index (χ0) is 24.5. The van der Waals surface area contributed by atoms with Crippen LogP contribution in [0.15, 0.2) is 29.5 Å². The Hall–Kier alpha value is -2.29. The Balaban J connectivity index is 1.49. The third-order valence-electron chi connectivity index (χ3n) is 7.59. The number of nitrogens with zero attached hydrogens (tertiary/aromatic N) is 2. The third-order valence-corrected chi connectivity index (χ3v) is 7.98. The van der Waals surface area contributed by atoms with E-state index in [-0.39, 0.29) is 34.8 Å². The molecule has 1 amide bonds. The van der Waals surface area contributed by atoms with E-state index in [0.717, 1.165) is 51.3 Å². The van der Waals surface area contributed by atoms with E-state index in [1.54, 1.807) is 19.1 Å². The van der Waals surface area contributed by atoms with Crippen LogP contribution >= 0.6 is 11.6 Å². The van der Waals surface area contributed by atoms with Crippen molar-refractivity contribution in [1.29, 1.82) is 0 Å². The molecular formula is C26H33ClN2O6. The summed E-state index contributed by atoms with van der Waals surface area (Å²) in [4.78, 5) is 31.7. The number of morpholine rings is 1. The molecule has 3 aliphatic heterocycles. The molecule has 1 aromatic rings. The Morgan fingerprint density at radius 3 is 2.63 bits per heavy atom. The van der Waals surface area contributed by atoms with Crippen LogP contribution < -0.4 is 9.47 Å². The smallest absolute Gasteiger partial charge is 0.290 e. The maximum Gasteiger partial charge on any atom is 0.290 e. The average molecular weight is 505 g/mol. The van der Waals surface area contributed by atoms with Crippen molar-refractivity contribution in [2.24, 2.45) is 5.92 Å². The molecule has 0 radical (unpaired) electrons. The summed E-state index contributed by atoms with van der Waals surface area (Å²) in [6.45, 7) is 4.59. The van der Waals surface area contributed by atoms with Crippen LogP contribution in [0.4, 0.5) is 0 Å². The molecule has 35 heavy (non-hydrogen) atoms. The monoisotopic (exact) mass is 504 g/mol. The Kier molecular flexibility index (Phi) is 7.23. The summed E-state index contributed by atoms with van der Waals surface area (Å²) in [5.74, 6) is 0.855. The first-order valence-corrected chi connectivity index (χ1v) is 12.9. The Morgan fingerprint density at radius 1 is 1.09 bits per heavy atom. The Labute approximate surface area is 211 Å². The third kappa shape index (κ3) is 4.63. The summed E-state index contributed by atoms with van der Waals surface area (Å²) in [7, 11) is 3.19. The molecule has 8 nitrogen and oxygen atoms in total. The molecule has 1 saturated heterocycles. The molecule has 0 spiro atoms. The first-order valence-electron chi connectivity index (χ1n) is 12.4. The van der Waals surface area contributed by atoms with Gasteiger partial charge in [-0.2, -0.15) is 0 Å². The number of amides is 1. The second-order valence-corrected chi connectivity index (χ2v) is 10.2. The highest BCUT2D eigenvalue weighted by atomic mass is 35.5. The molecule has 0 aromatic heterocycles. The van der Waals surface area contributed by atoms with E-state index in [9.17, 15) is 9.59 Å². The number of hydrogen-bond acceptors (Lipinski definition) is 7. The van der Waals surface area contributed by atoms with Crippen LogP contribution in [0.2, 0.25) is 0 Å². The van der Waals surface area contributed by atoms with Crippen molar-refractivity contribution >= 4 is 23.3 Å². The summed E-state index contributed by atoms with van der Waals surface area (Å²) in [6.07, 6.45) is 2.51. The minimum absolute atomic E-state index is 0.0273. The molecule has 5 rings (SSSR count). The lowest BCUT2D eigenvalue weighted by Crippen LogP contribution is -2.41. The number of halogens is 1. The standard InChI is InChI=1S/C26H33ClN2O6/c1-32-17-5-7-20(33-2)18(15-17)23-22-24(30)19-14-16(27)4-6-21(19)35-25(22)26(31)29(23)9-3-8-28-10-12-34-13-11-28/h5,7,15-16,19,21,23H,3-4,6,8-14H2,1-2H3. The molecule has 9 heteroatoms. The maximum atomic E-state index is 13.9. The summed E-state index contributed by atoms with van der Waals surface area (Å²) in [5.41, 5.74) is 1.16. The van der Waals surface area contributed by atoms with Crippen molar-refractivity contribution in [3.8, 4) is 11.5 Å². The van der Waals surface area contributed by atoms with E-state index in [2.05, 4.69) is 4.90 Å². The molecule has 3 heterocycles. The quantitative estimate of drug-likeness (QED) is 0.528. The van der Waals surface area contributed by atoms with Crippen molar-refractivity contribution < 1.29 is 28.5 Å². The van der Waals surface area contributed by atoms with Crippen molar-refractivity contribution in [2.75, 3.05) is 53.6 Å². The van der Waals surface area contributed by atoms with Gasteiger partial charge < -0.3 is 23.8 Å². The molecule has 4 aliphatic rings. The minimum atomic E-state index is -0.587. The molecule has 0 bridgehead atoms. The molecule has 4 unspecified atom stereocenters. The van der Waals surface area contributed by atoms with Gasteiger partial charge in [-0.1, -0.05) is 0 Å². The SMILES string of the molecule is COc1ccc(OC)c(C2C3=C(OC4CCC(Cl)CC4C3=O)C(=O)N2CCCN2CCOCC2)c1. The fourth-order valence-electron chi connectivity index (χ4n) is 5.76. The molecule has 1 aliphatic carbocycles. The number of methoxy groups -OCH3 is 2. The second-order valence-electron chi connectivity index (χ2n) is 9.60. The maximum absolute atomic E-state index is 13.9. The normalized spacial score (nSPS) is 29.1. The number of carbonyl (C=O) groups is 2. The summed E-state index contributed by atoms with van der Waals surface area (Å²) in [6, 6.07) is 4.89. The molecule has 2 fully saturated rings. The van der Waals surface area contributed by atoms with Crippen LogP contribution in [0.3, 0.4) is 0 Å². The summed E-state index contributed by atoms with van der Waals surface area (Å²) < 4.78 is 22.9. The number of ether oxygens (including phenoxy) is 4. The number of Topliss-reactive ketones (excluding diaryl/α,β-unsaturated/α-hetero) is 1. The van der Waals surface area contributed by atoms with Gasteiger partial charge in [-0.05, 0) is 43.9 Å². The van der Waals surface area contributed by atoms with E-state index in [0.29, 0.717) is 36.5 Å². The van der Waals surface area contributed by atoms with Crippen molar-refractivity contribution in [3.63, 3.8) is 0 Å². The molecular weight excluding hydrogens is 472 g/mol. The lowest BCUT2D eigenvalue weighted by Gasteiger charge is -2.37. The van der Waals surface area contributed by atoms with Gasteiger partial charge in [0.2, 0.25) is 0 Å². The zero-order valence-electron chi connectivity index (χ0n) is 20.3. The van der Waals surface area contributed by atoms with Crippen molar-refractivity contribution in [3.05, 3.63) is 35.1 Å². The second kappa shape index (κ2) is 10.4. The zero-order valence-corrected chi connectivity index (χ0v) is 21.1. The largest absolute Gasteiger partial charge is 0.497 e. The lowest BCUT2D eigenvalue weighted by atomic mass is 9.77. The number of alkyl halides is 1. The minimum Gasteiger partial charge on any atom is -0.497 e. The number of ketones is 1. The van der Waals surface area contributed by atoms with E-state index in [1.165, 1.54) is 0 Å². The molecule has 0 N–H and O–H groups in total. The number of rotatable bonds is 7. The van der Waals surface area contributed by atoms with Gasteiger partial charge in [0.25, 0.3) is 5.91 Å². The highest BCUT2D eigenvalue weighted by Gasteiger charge is 2.53. The predicted molar refractivity (Wildman–Crippen MR) is 130 cm³/mol. The topological polar surface area (TPSA) is 77.5 Å². The highest BCUT2D eigenvalue weighted by molar-refractivity contribution is 6.21. The van der Waals surface area contributed by atoms with Crippen LogP contribution in [0, 0.1) is 5.92 Å². The van der Waals surface area contributed by atoms with E-state index < -0.39 is 6.04 Å². The van der Waals surface area contributed by atoms with Gasteiger partial charge >= 0.3 is 0 Å². The number of carbonyl (C=O) groups excluding carboxylic acids is 2. The number of hydrogen-bond donors (Lipinski definition) is 0. The number of fused-ring (bicyclic) bond motifs is 1. The van der Waals surface area contributed by atoms with Crippen LogP contribution in [0.1, 0.15) is 37.3 Å². The summed E-state index contributed by atoms with van der Waals surface area (Å²) in [5, 5.41) is -0.0579. The average Bonchev–Trinajstić information content (AvgIpc) is 3.16. The van der Waals surface area contributed by atoms with Gasteiger partial charge in [0.05, 0.1) is 45.0 Å². The van der Waals surface area contributed by atoms with E-state index in [4.69, 9.17) is 30.5 Å². The van der Waals surface area contributed by atoms with Gasteiger partial charge in [-0.3, -0.25) is 14.5 Å². The molecule has 1 saturated carbocycles. The number of benzene rings is 1. The van der Waals surface area contributed by atoms with Crippen molar-refractivity contribution in [1.82, 2.24) is 9.80 Å². The van der Waals surface area contributed by atoms with Gasteiger partial charge in [0.1, 0.15) is 17.6 Å². The fraction of sp³-hybridized carbons (Fsp3) is 0.615. The highest BCUT2D eigenvalue weighted by Crippen LogP contribution is 2.49. The van der Waals surface area contributed by atoms with Crippen LogP contribution in [-0.4, -0.2) is 86.6 Å². The Morgan fingerprint density at radius 2 is 1.89 bits per heavy atom.